The van der Waals surface area contributed by atoms with Crippen LogP contribution >= 0.6 is 0 Å². The van der Waals surface area contributed by atoms with Crippen LogP contribution in [0, 0.1) is 0 Å². The highest BCUT2D eigenvalue weighted by Gasteiger charge is 2.32. The van der Waals surface area contributed by atoms with Crippen LogP contribution in [-0.4, -0.2) is 47.6 Å². The Balaban J connectivity index is 1.69. The highest BCUT2D eigenvalue weighted by Crippen LogP contribution is 2.37. The Morgan fingerprint density at radius 2 is 2.07 bits per heavy atom. The Morgan fingerprint density at radius 1 is 1.21 bits per heavy atom. The molecule has 1 aromatic carbocycles. The fraction of sp³-hybridized carbons (Fsp3) is 0.350. The average Bonchev–Trinajstić information content (AvgIpc) is 3.37. The summed E-state index contributed by atoms with van der Waals surface area (Å²) < 4.78 is 3.33. The number of hydrogen-bond acceptors (Lipinski definition) is 7. The number of aliphatic hydroxyl groups excluding tert-OH is 1. The lowest BCUT2D eigenvalue weighted by Crippen LogP contribution is -2.33. The maximum atomic E-state index is 13.1. The second-order valence-corrected chi connectivity index (χ2v) is 7.22. The van der Waals surface area contributed by atoms with Crippen molar-refractivity contribution in [1.29, 1.82) is 0 Å². The SMILES string of the molecule is Cn1ncc2c(N3CCCC3c3nc4ccccc4c(=O)n3CCO)ncnc21. The van der Waals surface area contributed by atoms with Gasteiger partial charge in [-0.25, -0.2) is 15.0 Å². The van der Waals surface area contributed by atoms with E-state index in [2.05, 4.69) is 20.0 Å². The van der Waals surface area contributed by atoms with E-state index < -0.39 is 0 Å². The molecule has 1 aliphatic heterocycles. The van der Waals surface area contributed by atoms with Gasteiger partial charge in [-0.15, -0.1) is 0 Å². The van der Waals surface area contributed by atoms with Gasteiger partial charge >= 0.3 is 0 Å². The number of hydrogen-bond donors (Lipinski definition) is 1. The molecule has 1 unspecified atom stereocenters. The molecule has 1 N–H and O–H groups in total. The summed E-state index contributed by atoms with van der Waals surface area (Å²) in [5.41, 5.74) is 1.31. The zero-order valence-corrected chi connectivity index (χ0v) is 16.1. The summed E-state index contributed by atoms with van der Waals surface area (Å²) in [7, 11) is 1.85. The first-order valence-corrected chi connectivity index (χ1v) is 9.68. The maximum absolute atomic E-state index is 13.1. The average molecular weight is 391 g/mol. The number of rotatable bonds is 4. The molecule has 4 aromatic rings. The van der Waals surface area contributed by atoms with Crippen molar-refractivity contribution < 1.29 is 5.11 Å². The predicted octanol–water partition coefficient (Wildman–Crippen LogP) is 1.41. The summed E-state index contributed by atoms with van der Waals surface area (Å²) >= 11 is 0. The normalized spacial score (nSPS) is 16.9. The highest BCUT2D eigenvalue weighted by molar-refractivity contribution is 5.87. The molecule has 1 saturated heterocycles. The Kier molecular flexibility index (Phi) is 4.24. The Morgan fingerprint density at radius 3 is 2.93 bits per heavy atom. The zero-order valence-electron chi connectivity index (χ0n) is 16.1. The minimum absolute atomic E-state index is 0.114. The van der Waals surface area contributed by atoms with Crippen LogP contribution in [0.3, 0.4) is 0 Å². The van der Waals surface area contributed by atoms with Crippen LogP contribution in [-0.2, 0) is 13.6 Å². The maximum Gasteiger partial charge on any atom is 0.261 e. The van der Waals surface area contributed by atoms with Crippen molar-refractivity contribution in [1.82, 2.24) is 29.3 Å². The van der Waals surface area contributed by atoms with Crippen molar-refractivity contribution >= 4 is 27.8 Å². The molecule has 0 aliphatic carbocycles. The minimum Gasteiger partial charge on any atom is -0.395 e. The van der Waals surface area contributed by atoms with Crippen molar-refractivity contribution in [2.75, 3.05) is 18.1 Å². The van der Waals surface area contributed by atoms with E-state index in [0.717, 1.165) is 36.2 Å². The van der Waals surface area contributed by atoms with Crippen LogP contribution in [0.4, 0.5) is 5.82 Å². The molecular weight excluding hydrogens is 370 g/mol. The van der Waals surface area contributed by atoms with E-state index in [1.807, 2.05) is 25.2 Å². The number of anilines is 1. The lowest BCUT2D eigenvalue weighted by atomic mass is 10.1. The summed E-state index contributed by atoms with van der Waals surface area (Å²) in [6, 6.07) is 7.23. The Hall–Kier alpha value is -3.33. The lowest BCUT2D eigenvalue weighted by molar-refractivity contribution is 0.270. The lowest BCUT2D eigenvalue weighted by Gasteiger charge is -2.27. The van der Waals surface area contributed by atoms with Gasteiger partial charge in [-0.1, -0.05) is 12.1 Å². The molecule has 9 nitrogen and oxygen atoms in total. The van der Waals surface area contributed by atoms with E-state index in [4.69, 9.17) is 4.98 Å². The molecular formula is C20H21N7O2. The fourth-order valence-corrected chi connectivity index (χ4v) is 4.22. The van der Waals surface area contributed by atoms with Gasteiger partial charge in [-0.05, 0) is 25.0 Å². The summed E-state index contributed by atoms with van der Waals surface area (Å²) in [6.45, 7) is 0.885. The molecule has 5 rings (SSSR count). The molecule has 1 aliphatic rings. The van der Waals surface area contributed by atoms with Gasteiger partial charge in [0.15, 0.2) is 5.65 Å². The first-order valence-electron chi connectivity index (χ1n) is 9.68. The largest absolute Gasteiger partial charge is 0.395 e. The van der Waals surface area contributed by atoms with Crippen molar-refractivity contribution in [3.05, 3.63) is 53.0 Å². The third-order valence-corrected chi connectivity index (χ3v) is 5.55. The van der Waals surface area contributed by atoms with E-state index >= 15 is 0 Å². The van der Waals surface area contributed by atoms with Gasteiger partial charge in [0.05, 0.1) is 41.7 Å². The van der Waals surface area contributed by atoms with Crippen LogP contribution in [0.25, 0.3) is 21.9 Å². The van der Waals surface area contributed by atoms with Crippen LogP contribution in [0.2, 0.25) is 0 Å². The predicted molar refractivity (Wildman–Crippen MR) is 109 cm³/mol. The monoisotopic (exact) mass is 391 g/mol. The first-order chi connectivity index (χ1) is 14.2. The van der Waals surface area contributed by atoms with Gasteiger partial charge in [0.25, 0.3) is 5.56 Å². The van der Waals surface area contributed by atoms with Gasteiger partial charge in [0.1, 0.15) is 18.0 Å². The van der Waals surface area contributed by atoms with Crippen molar-refractivity contribution in [3.63, 3.8) is 0 Å². The molecule has 148 valence electrons. The molecule has 9 heteroatoms. The quantitative estimate of drug-likeness (QED) is 0.561. The van der Waals surface area contributed by atoms with Gasteiger partial charge in [0, 0.05) is 13.6 Å². The summed E-state index contributed by atoms with van der Waals surface area (Å²) in [5, 5.41) is 15.3. The van der Waals surface area contributed by atoms with E-state index in [1.165, 1.54) is 0 Å². The van der Waals surface area contributed by atoms with Crippen LogP contribution in [0.1, 0.15) is 24.7 Å². The fourth-order valence-electron chi connectivity index (χ4n) is 4.22. The number of nitrogens with zero attached hydrogens (tertiary/aromatic N) is 7. The zero-order chi connectivity index (χ0) is 20.0. The molecule has 0 spiro atoms. The standard InChI is InChI=1S/C20H21N7O2/c1-25-17-14(11-23-25)18(22-12-21-17)26-8-4-7-16(26)19-24-15-6-3-2-5-13(15)20(29)27(19)9-10-28/h2-3,5-6,11-12,16,28H,4,7-10H2,1H3. The van der Waals surface area contributed by atoms with Crippen LogP contribution < -0.4 is 10.5 Å². The number of aliphatic hydroxyl groups is 1. The Labute approximate surface area is 166 Å². The summed E-state index contributed by atoms with van der Waals surface area (Å²) in [5.74, 6) is 1.46. The van der Waals surface area contributed by atoms with Gasteiger partial charge in [-0.3, -0.25) is 14.0 Å². The number of aryl methyl sites for hydroxylation is 1. The number of benzene rings is 1. The molecule has 0 radical (unpaired) electrons. The Bertz CT molecular complexity index is 1260. The third-order valence-electron chi connectivity index (χ3n) is 5.55. The van der Waals surface area contributed by atoms with E-state index in [0.29, 0.717) is 16.7 Å². The van der Waals surface area contributed by atoms with Crippen molar-refractivity contribution in [3.8, 4) is 0 Å². The van der Waals surface area contributed by atoms with Crippen LogP contribution in [0.5, 0.6) is 0 Å². The van der Waals surface area contributed by atoms with Crippen molar-refractivity contribution in [2.24, 2.45) is 7.05 Å². The number of fused-ring (bicyclic) bond motifs is 2. The van der Waals surface area contributed by atoms with E-state index in [1.54, 1.807) is 27.8 Å². The summed E-state index contributed by atoms with van der Waals surface area (Å²) in [6.07, 6.45) is 5.12. The molecule has 1 atom stereocenters. The highest BCUT2D eigenvalue weighted by atomic mass is 16.3. The number of aromatic nitrogens is 6. The molecule has 29 heavy (non-hydrogen) atoms. The van der Waals surface area contributed by atoms with Gasteiger partial charge in [0.2, 0.25) is 0 Å². The number of para-hydroxylation sites is 1. The molecule has 4 heterocycles. The molecule has 3 aromatic heterocycles. The molecule has 0 amide bonds. The third kappa shape index (κ3) is 2.77. The molecule has 0 bridgehead atoms. The van der Waals surface area contributed by atoms with Crippen molar-refractivity contribution in [2.45, 2.75) is 25.4 Å². The second kappa shape index (κ2) is 6.93. The first kappa shape index (κ1) is 17.7. The molecule has 1 fully saturated rings. The van der Waals surface area contributed by atoms with E-state index in [-0.39, 0.29) is 24.8 Å². The molecule has 0 saturated carbocycles. The smallest absolute Gasteiger partial charge is 0.261 e. The van der Waals surface area contributed by atoms with Crippen LogP contribution in [0.15, 0.2) is 41.6 Å². The second-order valence-electron chi connectivity index (χ2n) is 7.22. The van der Waals surface area contributed by atoms with Gasteiger partial charge < -0.3 is 10.0 Å². The van der Waals surface area contributed by atoms with Gasteiger partial charge in [-0.2, -0.15) is 5.10 Å². The topological polar surface area (TPSA) is 102 Å². The summed E-state index contributed by atoms with van der Waals surface area (Å²) in [4.78, 5) is 29.0. The minimum atomic E-state index is -0.125. The van der Waals surface area contributed by atoms with E-state index in [9.17, 15) is 9.90 Å².